The second-order valence-electron chi connectivity index (χ2n) is 7.17. The van der Waals surface area contributed by atoms with Gasteiger partial charge in [-0.15, -0.1) is 0 Å². The molecule has 0 saturated heterocycles. The van der Waals surface area contributed by atoms with Gasteiger partial charge in [0.05, 0.1) is 6.10 Å². The van der Waals surface area contributed by atoms with Gasteiger partial charge < -0.3 is 5.11 Å². The van der Waals surface area contributed by atoms with Crippen LogP contribution in [0.5, 0.6) is 0 Å². The number of rotatable bonds is 0. The van der Waals surface area contributed by atoms with Crippen molar-refractivity contribution in [2.75, 3.05) is 0 Å². The first kappa shape index (κ1) is 10.8. The highest BCUT2D eigenvalue weighted by atomic mass is 16.3. The molecule has 0 heterocycles. The van der Waals surface area contributed by atoms with E-state index in [0.717, 1.165) is 18.3 Å². The van der Waals surface area contributed by atoms with E-state index in [9.17, 15) is 5.11 Å². The summed E-state index contributed by atoms with van der Waals surface area (Å²) in [4.78, 5) is 0. The zero-order valence-electron chi connectivity index (χ0n) is 10.8. The Morgan fingerprint density at radius 3 is 2.56 bits per heavy atom. The maximum absolute atomic E-state index is 10.1. The highest BCUT2D eigenvalue weighted by Crippen LogP contribution is 2.72. The van der Waals surface area contributed by atoms with Gasteiger partial charge in [-0.3, -0.25) is 0 Å². The first-order chi connectivity index (χ1) is 7.39. The molecule has 0 unspecified atom stereocenters. The molecule has 16 heavy (non-hydrogen) atoms. The third-order valence-electron chi connectivity index (χ3n) is 6.17. The molecule has 90 valence electrons. The van der Waals surface area contributed by atoms with Crippen LogP contribution in [-0.4, -0.2) is 11.2 Å². The molecule has 0 aromatic rings. The number of hydrogen-bond donors (Lipinski definition) is 1. The molecule has 0 aromatic carbocycles. The van der Waals surface area contributed by atoms with Crippen LogP contribution < -0.4 is 0 Å². The molecule has 2 bridgehead atoms. The third-order valence-corrected chi connectivity index (χ3v) is 6.17. The Kier molecular flexibility index (Phi) is 1.98. The summed E-state index contributed by atoms with van der Waals surface area (Å²) in [5.41, 5.74) is 1.91. The van der Waals surface area contributed by atoms with Gasteiger partial charge in [0, 0.05) is 0 Å². The van der Waals surface area contributed by atoms with Crippen LogP contribution in [0.25, 0.3) is 0 Å². The van der Waals surface area contributed by atoms with Crippen LogP contribution in [0.3, 0.4) is 0 Å². The van der Waals surface area contributed by atoms with Crippen molar-refractivity contribution >= 4 is 0 Å². The second kappa shape index (κ2) is 2.93. The van der Waals surface area contributed by atoms with Crippen molar-refractivity contribution in [2.45, 2.75) is 52.6 Å². The standard InChI is InChI=1S/C15H24O/c1-9-5-6-11-12-7-13(16)10(2)15(9,12)8-14(11,3)4/h9,11-13,16H,2,5-8H2,1,3-4H3/t9-,11-,12-,13+,15+/m0/s1. The Balaban J connectivity index is 2.11. The molecule has 3 fully saturated rings. The predicted molar refractivity (Wildman–Crippen MR) is 66.0 cm³/mol. The molecule has 5 atom stereocenters. The molecule has 0 aliphatic heterocycles. The molecular formula is C15H24O. The molecule has 0 radical (unpaired) electrons. The molecule has 3 aliphatic rings. The Hall–Kier alpha value is -0.300. The summed E-state index contributed by atoms with van der Waals surface area (Å²) in [6.45, 7) is 11.5. The summed E-state index contributed by atoms with van der Waals surface area (Å²) >= 11 is 0. The van der Waals surface area contributed by atoms with E-state index >= 15 is 0 Å². The summed E-state index contributed by atoms with van der Waals surface area (Å²) in [5.74, 6) is 2.26. The van der Waals surface area contributed by atoms with Crippen molar-refractivity contribution in [1.82, 2.24) is 0 Å². The van der Waals surface area contributed by atoms with Gasteiger partial charge in [0.15, 0.2) is 0 Å². The molecule has 0 amide bonds. The van der Waals surface area contributed by atoms with E-state index in [0.29, 0.717) is 11.3 Å². The third kappa shape index (κ3) is 1.01. The molecule has 0 aromatic heterocycles. The second-order valence-corrected chi connectivity index (χ2v) is 7.17. The van der Waals surface area contributed by atoms with Gasteiger partial charge in [0.2, 0.25) is 0 Å². The Morgan fingerprint density at radius 1 is 1.25 bits per heavy atom. The van der Waals surface area contributed by atoms with Gasteiger partial charge in [0.1, 0.15) is 0 Å². The minimum atomic E-state index is -0.218. The molecule has 0 spiro atoms. The van der Waals surface area contributed by atoms with Gasteiger partial charge in [0.25, 0.3) is 0 Å². The van der Waals surface area contributed by atoms with Gasteiger partial charge >= 0.3 is 0 Å². The Labute approximate surface area is 98.9 Å². The van der Waals surface area contributed by atoms with Crippen LogP contribution in [0.1, 0.15) is 46.5 Å². The summed E-state index contributed by atoms with van der Waals surface area (Å²) in [6.07, 6.45) is 4.71. The number of aliphatic hydroxyl groups is 1. The van der Waals surface area contributed by atoms with Crippen molar-refractivity contribution in [2.24, 2.45) is 28.6 Å². The fraction of sp³-hybridized carbons (Fsp3) is 0.867. The fourth-order valence-electron chi connectivity index (χ4n) is 5.47. The monoisotopic (exact) mass is 220 g/mol. The predicted octanol–water partition coefficient (Wildman–Crippen LogP) is 3.39. The van der Waals surface area contributed by atoms with E-state index in [1.807, 2.05) is 0 Å². The topological polar surface area (TPSA) is 20.2 Å². The molecule has 3 aliphatic carbocycles. The van der Waals surface area contributed by atoms with Crippen molar-refractivity contribution in [1.29, 1.82) is 0 Å². The SMILES string of the molecule is C=C1[C@H](O)C[C@H]2[C@@H]3CC[C@H](C)[C@]12CC3(C)C. The minimum Gasteiger partial charge on any atom is -0.389 e. The van der Waals surface area contributed by atoms with E-state index in [-0.39, 0.29) is 11.5 Å². The molecule has 3 rings (SSSR count). The van der Waals surface area contributed by atoms with Gasteiger partial charge in [-0.05, 0) is 59.8 Å². The van der Waals surface area contributed by atoms with Gasteiger partial charge in [-0.2, -0.15) is 0 Å². The van der Waals surface area contributed by atoms with Crippen molar-refractivity contribution in [3.05, 3.63) is 12.2 Å². The summed E-state index contributed by atoms with van der Waals surface area (Å²) < 4.78 is 0. The molecule has 1 N–H and O–H groups in total. The normalized spacial score (nSPS) is 54.1. The lowest BCUT2D eigenvalue weighted by atomic mass is 9.62. The molecule has 1 nitrogen and oxygen atoms in total. The lowest BCUT2D eigenvalue weighted by molar-refractivity contribution is 0.0954. The quantitative estimate of drug-likeness (QED) is 0.620. The van der Waals surface area contributed by atoms with Gasteiger partial charge in [-0.1, -0.05) is 27.4 Å². The first-order valence-electron chi connectivity index (χ1n) is 6.77. The van der Waals surface area contributed by atoms with Crippen molar-refractivity contribution < 1.29 is 5.11 Å². The summed E-state index contributed by atoms with van der Waals surface area (Å²) in [7, 11) is 0. The minimum absolute atomic E-state index is 0.218. The highest BCUT2D eigenvalue weighted by molar-refractivity contribution is 5.31. The lowest BCUT2D eigenvalue weighted by Crippen LogP contribution is -2.35. The van der Waals surface area contributed by atoms with Crippen molar-refractivity contribution in [3.63, 3.8) is 0 Å². The lowest BCUT2D eigenvalue weighted by Gasteiger charge is -2.42. The molecular weight excluding hydrogens is 196 g/mol. The highest BCUT2D eigenvalue weighted by Gasteiger charge is 2.66. The van der Waals surface area contributed by atoms with Gasteiger partial charge in [-0.25, -0.2) is 0 Å². The van der Waals surface area contributed by atoms with Crippen LogP contribution in [0.4, 0.5) is 0 Å². The van der Waals surface area contributed by atoms with E-state index in [4.69, 9.17) is 0 Å². The number of hydrogen-bond acceptors (Lipinski definition) is 1. The maximum atomic E-state index is 10.1. The Morgan fingerprint density at radius 2 is 1.94 bits per heavy atom. The zero-order chi connectivity index (χ0) is 11.7. The van der Waals surface area contributed by atoms with E-state index in [1.54, 1.807) is 0 Å². The van der Waals surface area contributed by atoms with Crippen LogP contribution in [-0.2, 0) is 0 Å². The summed E-state index contributed by atoms with van der Waals surface area (Å²) in [5, 5.41) is 10.1. The van der Waals surface area contributed by atoms with Crippen LogP contribution in [0, 0.1) is 28.6 Å². The fourth-order valence-corrected chi connectivity index (χ4v) is 5.47. The summed E-state index contributed by atoms with van der Waals surface area (Å²) in [6, 6.07) is 0. The average Bonchev–Trinajstić information content (AvgIpc) is 2.51. The molecule has 1 heteroatoms. The first-order valence-corrected chi connectivity index (χ1v) is 6.77. The van der Waals surface area contributed by atoms with Crippen LogP contribution in [0.15, 0.2) is 12.2 Å². The molecule has 3 saturated carbocycles. The largest absolute Gasteiger partial charge is 0.389 e. The zero-order valence-corrected chi connectivity index (χ0v) is 10.8. The Bertz CT molecular complexity index is 343. The van der Waals surface area contributed by atoms with E-state index in [2.05, 4.69) is 27.4 Å². The van der Waals surface area contributed by atoms with E-state index < -0.39 is 0 Å². The van der Waals surface area contributed by atoms with Crippen molar-refractivity contribution in [3.8, 4) is 0 Å². The average molecular weight is 220 g/mol. The maximum Gasteiger partial charge on any atom is 0.0756 e. The van der Waals surface area contributed by atoms with Crippen LogP contribution in [0.2, 0.25) is 0 Å². The van der Waals surface area contributed by atoms with Crippen LogP contribution >= 0.6 is 0 Å². The smallest absolute Gasteiger partial charge is 0.0756 e. The number of aliphatic hydroxyl groups excluding tert-OH is 1. The van der Waals surface area contributed by atoms with E-state index in [1.165, 1.54) is 24.8 Å².